The zero-order valence-corrected chi connectivity index (χ0v) is 8.34. The van der Waals surface area contributed by atoms with E-state index in [1.54, 1.807) is 0 Å². The Bertz CT molecular complexity index is 364. The lowest BCUT2D eigenvalue weighted by molar-refractivity contribution is -0.274. The molecule has 0 spiro atoms. The summed E-state index contributed by atoms with van der Waals surface area (Å²) in [7, 11) is 0. The lowest BCUT2D eigenvalue weighted by Gasteiger charge is -2.09. The first kappa shape index (κ1) is 12.2. The summed E-state index contributed by atoms with van der Waals surface area (Å²) < 4.78 is 39.2. The fraction of sp³-hybridized carbons (Fsp3) is 0.273. The molecule has 0 saturated carbocycles. The monoisotopic (exact) mass is 229 g/mol. The fourth-order valence-corrected chi connectivity index (χ4v) is 1.05. The predicted octanol–water partition coefficient (Wildman–Crippen LogP) is 3.02. The number of alkyl halides is 3. The maximum atomic E-state index is 11.8. The van der Waals surface area contributed by atoms with Crippen LogP contribution in [0.25, 0.3) is 0 Å². The maximum Gasteiger partial charge on any atom is 0.573 e. The third kappa shape index (κ3) is 4.60. The highest BCUT2D eigenvalue weighted by Gasteiger charge is 2.30. The first-order valence-corrected chi connectivity index (χ1v) is 4.54. The van der Waals surface area contributed by atoms with Crippen molar-refractivity contribution in [1.29, 1.82) is 0 Å². The van der Waals surface area contributed by atoms with Crippen LogP contribution in [0, 0.1) is 12.3 Å². The summed E-state index contributed by atoms with van der Waals surface area (Å²) in [6.07, 6.45) is 0.953. The van der Waals surface area contributed by atoms with Gasteiger partial charge in [0.25, 0.3) is 0 Å². The first-order valence-electron chi connectivity index (χ1n) is 4.54. The SMILES string of the molecule is C#CCCNc1ccc(OC(F)(F)F)cc1. The average molecular weight is 229 g/mol. The van der Waals surface area contributed by atoms with Crippen molar-refractivity contribution in [3.05, 3.63) is 24.3 Å². The molecule has 2 nitrogen and oxygen atoms in total. The molecule has 16 heavy (non-hydrogen) atoms. The van der Waals surface area contributed by atoms with Gasteiger partial charge in [-0.3, -0.25) is 0 Å². The molecular weight excluding hydrogens is 219 g/mol. The minimum atomic E-state index is -4.65. The van der Waals surface area contributed by atoms with Crippen LogP contribution in [0.3, 0.4) is 0 Å². The van der Waals surface area contributed by atoms with Gasteiger partial charge in [0.15, 0.2) is 0 Å². The van der Waals surface area contributed by atoms with Crippen molar-refractivity contribution < 1.29 is 17.9 Å². The summed E-state index contributed by atoms with van der Waals surface area (Å²) >= 11 is 0. The normalized spacial score (nSPS) is 10.6. The molecule has 0 fully saturated rings. The van der Waals surface area contributed by atoms with Gasteiger partial charge < -0.3 is 10.1 Å². The van der Waals surface area contributed by atoms with E-state index in [0.29, 0.717) is 18.7 Å². The highest BCUT2D eigenvalue weighted by molar-refractivity contribution is 5.46. The summed E-state index contributed by atoms with van der Waals surface area (Å²) in [5, 5.41) is 2.96. The smallest absolute Gasteiger partial charge is 0.406 e. The summed E-state index contributed by atoms with van der Waals surface area (Å²) in [6, 6.07) is 5.48. The zero-order valence-electron chi connectivity index (χ0n) is 8.34. The van der Waals surface area contributed by atoms with Crippen LogP contribution < -0.4 is 10.1 Å². The topological polar surface area (TPSA) is 21.3 Å². The van der Waals surface area contributed by atoms with Gasteiger partial charge in [-0.05, 0) is 24.3 Å². The average Bonchev–Trinajstić information content (AvgIpc) is 2.19. The predicted molar refractivity (Wildman–Crippen MR) is 55.1 cm³/mol. The van der Waals surface area contributed by atoms with E-state index in [-0.39, 0.29) is 5.75 Å². The van der Waals surface area contributed by atoms with Gasteiger partial charge >= 0.3 is 6.36 Å². The highest BCUT2D eigenvalue weighted by atomic mass is 19.4. The Labute approximate surface area is 91.4 Å². The summed E-state index contributed by atoms with van der Waals surface area (Å²) in [4.78, 5) is 0. The number of ether oxygens (including phenoxy) is 1. The van der Waals surface area contributed by atoms with Crippen LogP contribution in [-0.2, 0) is 0 Å². The molecule has 1 N–H and O–H groups in total. The Morgan fingerprint density at radius 1 is 1.25 bits per heavy atom. The molecule has 0 radical (unpaired) electrons. The number of nitrogens with one attached hydrogen (secondary N) is 1. The lowest BCUT2D eigenvalue weighted by atomic mass is 10.3. The van der Waals surface area contributed by atoms with E-state index >= 15 is 0 Å². The summed E-state index contributed by atoms with van der Waals surface area (Å²) in [5.41, 5.74) is 0.699. The second-order valence-electron chi connectivity index (χ2n) is 2.95. The van der Waals surface area contributed by atoms with Crippen LogP contribution in [0.2, 0.25) is 0 Å². The first-order chi connectivity index (χ1) is 7.51. The van der Waals surface area contributed by atoms with E-state index in [9.17, 15) is 13.2 Å². The number of halogens is 3. The van der Waals surface area contributed by atoms with Gasteiger partial charge in [-0.25, -0.2) is 0 Å². The lowest BCUT2D eigenvalue weighted by Crippen LogP contribution is -2.17. The third-order valence-corrected chi connectivity index (χ3v) is 1.69. The molecule has 0 atom stereocenters. The van der Waals surface area contributed by atoms with Crippen LogP contribution in [0.1, 0.15) is 6.42 Å². The quantitative estimate of drug-likeness (QED) is 0.633. The van der Waals surface area contributed by atoms with E-state index in [2.05, 4.69) is 16.0 Å². The number of benzene rings is 1. The Hall–Kier alpha value is -1.83. The van der Waals surface area contributed by atoms with Gasteiger partial charge in [0.05, 0.1) is 0 Å². The maximum absolute atomic E-state index is 11.8. The Kier molecular flexibility index (Phi) is 4.06. The molecule has 0 aromatic heterocycles. The molecule has 0 unspecified atom stereocenters. The van der Waals surface area contributed by atoms with Crippen molar-refractivity contribution in [3.63, 3.8) is 0 Å². The summed E-state index contributed by atoms with van der Waals surface area (Å²) in [5.74, 6) is 2.20. The Morgan fingerprint density at radius 3 is 2.38 bits per heavy atom. The zero-order chi connectivity index (χ0) is 12.0. The molecule has 0 amide bonds. The molecule has 0 aliphatic heterocycles. The van der Waals surface area contributed by atoms with Crippen molar-refractivity contribution >= 4 is 5.69 Å². The van der Waals surface area contributed by atoms with E-state index in [4.69, 9.17) is 6.42 Å². The summed E-state index contributed by atoms with van der Waals surface area (Å²) in [6.45, 7) is 0.579. The molecule has 0 heterocycles. The number of terminal acetylenes is 1. The molecule has 0 aliphatic rings. The standard InChI is InChI=1S/C11H10F3NO/c1-2-3-8-15-9-4-6-10(7-5-9)16-11(12,13)14/h1,4-7,15H,3,8H2. The molecule has 86 valence electrons. The van der Waals surface area contributed by atoms with E-state index in [0.717, 1.165) is 0 Å². The van der Waals surface area contributed by atoms with Crippen LogP contribution in [-0.4, -0.2) is 12.9 Å². The van der Waals surface area contributed by atoms with Crippen molar-refractivity contribution in [2.75, 3.05) is 11.9 Å². The largest absolute Gasteiger partial charge is 0.573 e. The van der Waals surface area contributed by atoms with E-state index < -0.39 is 6.36 Å². The van der Waals surface area contributed by atoms with Crippen molar-refractivity contribution in [2.24, 2.45) is 0 Å². The third-order valence-electron chi connectivity index (χ3n) is 1.69. The van der Waals surface area contributed by atoms with Gasteiger partial charge in [0.2, 0.25) is 0 Å². The number of hydrogen-bond donors (Lipinski definition) is 1. The molecule has 1 aromatic carbocycles. The van der Waals surface area contributed by atoms with Gasteiger partial charge in [0, 0.05) is 18.7 Å². The molecule has 5 heteroatoms. The van der Waals surface area contributed by atoms with Crippen LogP contribution in [0.15, 0.2) is 24.3 Å². The number of rotatable bonds is 4. The fourth-order valence-electron chi connectivity index (χ4n) is 1.05. The molecule has 1 aromatic rings. The van der Waals surface area contributed by atoms with Gasteiger partial charge in [-0.1, -0.05) is 0 Å². The molecular formula is C11H10F3NO. The van der Waals surface area contributed by atoms with Crippen LogP contribution in [0.5, 0.6) is 5.75 Å². The van der Waals surface area contributed by atoms with Crippen molar-refractivity contribution in [3.8, 4) is 18.1 Å². The molecule has 0 bridgehead atoms. The molecule has 0 saturated heterocycles. The Morgan fingerprint density at radius 2 is 1.88 bits per heavy atom. The van der Waals surface area contributed by atoms with Crippen LogP contribution >= 0.6 is 0 Å². The second-order valence-corrected chi connectivity index (χ2v) is 2.95. The van der Waals surface area contributed by atoms with Crippen LogP contribution in [0.4, 0.5) is 18.9 Å². The van der Waals surface area contributed by atoms with Gasteiger partial charge in [0.1, 0.15) is 5.75 Å². The highest BCUT2D eigenvalue weighted by Crippen LogP contribution is 2.23. The Balaban J connectivity index is 2.52. The molecule has 0 aliphatic carbocycles. The van der Waals surface area contributed by atoms with E-state index in [1.807, 2.05) is 0 Å². The number of hydrogen-bond acceptors (Lipinski definition) is 2. The minimum absolute atomic E-state index is 0.241. The van der Waals surface area contributed by atoms with Gasteiger partial charge in [-0.15, -0.1) is 25.5 Å². The number of anilines is 1. The van der Waals surface area contributed by atoms with Crippen molar-refractivity contribution in [2.45, 2.75) is 12.8 Å². The molecule has 1 rings (SSSR count). The van der Waals surface area contributed by atoms with E-state index in [1.165, 1.54) is 24.3 Å². The van der Waals surface area contributed by atoms with Crippen molar-refractivity contribution in [1.82, 2.24) is 0 Å². The minimum Gasteiger partial charge on any atom is -0.406 e. The van der Waals surface area contributed by atoms with Gasteiger partial charge in [-0.2, -0.15) is 0 Å². The second kappa shape index (κ2) is 5.31.